The number of nitrogens with zero attached hydrogens (tertiary/aromatic N) is 3. The minimum Gasteiger partial charge on any atom is -0.497 e. The topological polar surface area (TPSA) is 56.7 Å². The van der Waals surface area contributed by atoms with Gasteiger partial charge in [0.2, 0.25) is 0 Å². The number of hydrogen-bond donors (Lipinski definition) is 0. The number of aryl methyl sites for hydroxylation is 1. The lowest BCUT2D eigenvalue weighted by Crippen LogP contribution is -2.25. The summed E-state index contributed by atoms with van der Waals surface area (Å²) in [5.74, 6) is 2.38. The summed E-state index contributed by atoms with van der Waals surface area (Å²) in [5, 5.41) is 0.0687. The quantitative estimate of drug-likeness (QED) is 0.227. The van der Waals surface area contributed by atoms with Crippen LogP contribution in [0, 0.1) is 6.92 Å². The minimum atomic E-state index is -0.266. The van der Waals surface area contributed by atoms with E-state index < -0.39 is 0 Å². The first-order chi connectivity index (χ1) is 16.5. The summed E-state index contributed by atoms with van der Waals surface area (Å²) in [6, 6.07) is 16.4. The van der Waals surface area contributed by atoms with Crippen molar-refractivity contribution in [3.8, 4) is 11.5 Å². The first kappa shape index (κ1) is 25.7. The van der Waals surface area contributed by atoms with Gasteiger partial charge in [-0.2, -0.15) is 0 Å². The van der Waals surface area contributed by atoms with Gasteiger partial charge < -0.3 is 14.2 Å². The van der Waals surface area contributed by atoms with Crippen LogP contribution in [0.2, 0.25) is 0 Å². The van der Waals surface area contributed by atoms with E-state index in [-0.39, 0.29) is 11.4 Å². The maximum absolute atomic E-state index is 6.12. The smallest absolute Gasteiger partial charge is 0.158 e. The lowest BCUT2D eigenvalue weighted by Gasteiger charge is -2.29. The highest BCUT2D eigenvalue weighted by atomic mass is 32.2. The molecule has 7 heteroatoms. The van der Waals surface area contributed by atoms with Crippen molar-refractivity contribution in [3.63, 3.8) is 0 Å². The molecule has 0 aliphatic carbocycles. The molecule has 0 aliphatic rings. The summed E-state index contributed by atoms with van der Waals surface area (Å²) in [7, 11) is 3.36. The summed E-state index contributed by atoms with van der Waals surface area (Å²) in [4.78, 5) is 9.07. The Balaban J connectivity index is 1.81. The molecule has 2 aromatic carbocycles. The van der Waals surface area contributed by atoms with Gasteiger partial charge in [0.15, 0.2) is 5.82 Å². The Morgan fingerprint density at radius 3 is 1.85 bits per heavy atom. The first-order valence-corrected chi connectivity index (χ1v) is 12.0. The van der Waals surface area contributed by atoms with E-state index in [2.05, 4.69) is 52.0 Å². The van der Waals surface area contributed by atoms with E-state index in [0.717, 1.165) is 30.2 Å². The fraction of sp³-hybridized carbons (Fsp3) is 0.333. The zero-order valence-corrected chi connectivity index (χ0v) is 21.1. The van der Waals surface area contributed by atoms with E-state index in [1.165, 1.54) is 11.1 Å². The van der Waals surface area contributed by atoms with Gasteiger partial charge in [0, 0.05) is 25.5 Å². The van der Waals surface area contributed by atoms with Crippen LogP contribution in [0.25, 0.3) is 0 Å². The molecule has 0 aliphatic heterocycles. The molecule has 2 atom stereocenters. The standard InChI is InChI=1S/C27H33N3O3S/c1-6-15-33-26(27-28-16-20(2)17-29-27)21(3)34-30(18-22-7-11-24(31-4)12-8-22)19-23-9-13-25(32-5)14-10-23/h6-14,16-17,21,26H,1,15,18-19H2,2-5H3. The maximum atomic E-state index is 6.12. The van der Waals surface area contributed by atoms with Gasteiger partial charge >= 0.3 is 0 Å². The number of aromatic nitrogens is 2. The molecular formula is C27H33N3O3S. The first-order valence-electron chi connectivity index (χ1n) is 11.2. The second kappa shape index (κ2) is 13.1. The van der Waals surface area contributed by atoms with Crippen LogP contribution in [0.1, 0.15) is 35.5 Å². The van der Waals surface area contributed by atoms with E-state index in [9.17, 15) is 0 Å². The Bertz CT molecular complexity index is 961. The van der Waals surface area contributed by atoms with Crippen molar-refractivity contribution in [1.29, 1.82) is 0 Å². The average molecular weight is 480 g/mol. The molecule has 0 spiro atoms. The van der Waals surface area contributed by atoms with Crippen LogP contribution in [0.4, 0.5) is 0 Å². The fourth-order valence-corrected chi connectivity index (χ4v) is 4.66. The molecule has 0 saturated heterocycles. The number of benzene rings is 2. The van der Waals surface area contributed by atoms with E-state index in [1.807, 2.05) is 43.6 Å². The van der Waals surface area contributed by atoms with Crippen LogP contribution in [-0.4, -0.2) is 40.3 Å². The van der Waals surface area contributed by atoms with Gasteiger partial charge in [-0.3, -0.25) is 0 Å². The predicted octanol–water partition coefficient (Wildman–Crippen LogP) is 5.79. The third kappa shape index (κ3) is 7.58. The normalized spacial score (nSPS) is 12.9. The molecule has 6 nitrogen and oxygen atoms in total. The average Bonchev–Trinajstić information content (AvgIpc) is 2.86. The lowest BCUT2D eigenvalue weighted by atomic mass is 10.2. The molecule has 3 rings (SSSR count). The second-order valence-electron chi connectivity index (χ2n) is 7.97. The zero-order valence-electron chi connectivity index (χ0n) is 20.3. The Kier molecular flexibility index (Phi) is 9.94. The molecule has 2 unspecified atom stereocenters. The van der Waals surface area contributed by atoms with Gasteiger partial charge in [0.25, 0.3) is 0 Å². The fourth-order valence-electron chi connectivity index (χ4n) is 3.43. The SMILES string of the molecule is C=CCOC(c1ncc(C)cn1)C(C)SN(Cc1ccc(OC)cc1)Cc1ccc(OC)cc1. The highest BCUT2D eigenvalue weighted by Gasteiger charge is 2.26. The minimum absolute atomic E-state index is 0.0687. The summed E-state index contributed by atoms with van der Waals surface area (Å²) in [5.41, 5.74) is 3.42. The molecule has 1 aromatic heterocycles. The monoisotopic (exact) mass is 479 g/mol. The van der Waals surface area contributed by atoms with Crippen LogP contribution in [-0.2, 0) is 17.8 Å². The summed E-state index contributed by atoms with van der Waals surface area (Å²) in [6.07, 6.45) is 5.15. The zero-order chi connectivity index (χ0) is 24.3. The van der Waals surface area contributed by atoms with Gasteiger partial charge in [-0.25, -0.2) is 14.3 Å². The van der Waals surface area contributed by atoms with Crippen molar-refractivity contribution in [1.82, 2.24) is 14.3 Å². The molecule has 0 N–H and O–H groups in total. The van der Waals surface area contributed by atoms with Crippen LogP contribution in [0.5, 0.6) is 11.5 Å². The summed E-state index contributed by atoms with van der Waals surface area (Å²) >= 11 is 1.74. The molecular weight excluding hydrogens is 446 g/mol. The van der Waals surface area contributed by atoms with Gasteiger partial charge in [0.05, 0.1) is 26.1 Å². The van der Waals surface area contributed by atoms with E-state index in [1.54, 1.807) is 32.2 Å². The molecule has 34 heavy (non-hydrogen) atoms. The molecule has 180 valence electrons. The van der Waals surface area contributed by atoms with Crippen LogP contribution in [0.3, 0.4) is 0 Å². The second-order valence-corrected chi connectivity index (χ2v) is 9.44. The molecule has 1 heterocycles. The molecule has 0 fully saturated rings. The molecule has 0 radical (unpaired) electrons. The molecule has 0 saturated carbocycles. The highest BCUT2D eigenvalue weighted by molar-refractivity contribution is 7.97. The van der Waals surface area contributed by atoms with E-state index in [0.29, 0.717) is 12.4 Å². The molecule has 0 amide bonds. The van der Waals surface area contributed by atoms with Crippen molar-refractivity contribution in [2.24, 2.45) is 0 Å². The highest BCUT2D eigenvalue weighted by Crippen LogP contribution is 2.33. The Morgan fingerprint density at radius 2 is 1.41 bits per heavy atom. The Labute approximate surface area is 207 Å². The van der Waals surface area contributed by atoms with Crippen LogP contribution < -0.4 is 9.47 Å². The van der Waals surface area contributed by atoms with Crippen molar-refractivity contribution >= 4 is 11.9 Å². The largest absolute Gasteiger partial charge is 0.497 e. The predicted molar refractivity (Wildman–Crippen MR) is 138 cm³/mol. The molecule has 0 bridgehead atoms. The van der Waals surface area contributed by atoms with Crippen LogP contribution >= 0.6 is 11.9 Å². The van der Waals surface area contributed by atoms with E-state index in [4.69, 9.17) is 14.2 Å². The third-order valence-electron chi connectivity index (χ3n) is 5.23. The van der Waals surface area contributed by atoms with Gasteiger partial charge in [-0.15, -0.1) is 6.58 Å². The van der Waals surface area contributed by atoms with Crippen molar-refractivity contribution in [2.45, 2.75) is 38.3 Å². The van der Waals surface area contributed by atoms with Gasteiger partial charge in [-0.05, 0) is 54.8 Å². The Hall–Kier alpha value is -2.87. The van der Waals surface area contributed by atoms with Crippen molar-refractivity contribution < 1.29 is 14.2 Å². The third-order valence-corrected chi connectivity index (χ3v) is 6.36. The number of ether oxygens (including phenoxy) is 3. The van der Waals surface area contributed by atoms with E-state index >= 15 is 0 Å². The Morgan fingerprint density at radius 1 is 0.912 bits per heavy atom. The maximum Gasteiger partial charge on any atom is 0.158 e. The summed E-state index contributed by atoms with van der Waals surface area (Å²) in [6.45, 7) is 9.88. The van der Waals surface area contributed by atoms with Crippen molar-refractivity contribution in [2.75, 3.05) is 20.8 Å². The van der Waals surface area contributed by atoms with Gasteiger partial charge in [-0.1, -0.05) is 42.3 Å². The molecule has 3 aromatic rings. The number of hydrogen-bond acceptors (Lipinski definition) is 7. The number of methoxy groups -OCH3 is 2. The van der Waals surface area contributed by atoms with Gasteiger partial charge in [0.1, 0.15) is 17.6 Å². The van der Waals surface area contributed by atoms with Crippen molar-refractivity contribution in [3.05, 3.63) is 96.1 Å². The summed E-state index contributed by atoms with van der Waals surface area (Å²) < 4.78 is 19.1. The number of rotatable bonds is 13. The van der Waals surface area contributed by atoms with Crippen LogP contribution in [0.15, 0.2) is 73.6 Å². The lowest BCUT2D eigenvalue weighted by molar-refractivity contribution is 0.0681.